The van der Waals surface area contributed by atoms with Crippen molar-refractivity contribution in [1.29, 1.82) is 0 Å². The molecule has 1 aromatic carbocycles. The van der Waals surface area contributed by atoms with Crippen molar-refractivity contribution < 1.29 is 19.4 Å². The Morgan fingerprint density at radius 2 is 2.16 bits per heavy atom. The second-order valence-corrected chi connectivity index (χ2v) is 5.47. The van der Waals surface area contributed by atoms with E-state index in [4.69, 9.17) is 0 Å². The van der Waals surface area contributed by atoms with Gasteiger partial charge in [-0.25, -0.2) is 4.39 Å². The summed E-state index contributed by atoms with van der Waals surface area (Å²) in [5, 5.41) is 19.8. The smallest absolute Gasteiger partial charge is 0.258 e. The quantitative estimate of drug-likeness (QED) is 0.860. The van der Waals surface area contributed by atoms with E-state index in [1.807, 2.05) is 0 Å². The second-order valence-electron chi connectivity index (χ2n) is 5.47. The first-order chi connectivity index (χ1) is 8.80. The molecule has 1 atom stereocenters. The molecule has 0 aliphatic carbocycles. The van der Waals surface area contributed by atoms with Gasteiger partial charge in [-0.05, 0) is 44.9 Å². The van der Waals surface area contributed by atoms with Gasteiger partial charge >= 0.3 is 0 Å². The molecule has 1 aliphatic heterocycles. The number of phenolic OH excluding ortho intramolecular Hbond substituents is 1. The molecule has 1 saturated heterocycles. The molecule has 0 saturated carbocycles. The van der Waals surface area contributed by atoms with Crippen molar-refractivity contribution in [3.63, 3.8) is 0 Å². The van der Waals surface area contributed by atoms with Crippen LogP contribution >= 0.6 is 0 Å². The van der Waals surface area contributed by atoms with Gasteiger partial charge in [0, 0.05) is 6.54 Å². The monoisotopic (exact) mass is 267 g/mol. The molecule has 104 valence electrons. The number of likely N-dealkylation sites (tertiary alicyclic amines) is 1. The fourth-order valence-corrected chi connectivity index (χ4v) is 2.58. The summed E-state index contributed by atoms with van der Waals surface area (Å²) in [6.45, 7) is 3.80. The number of nitrogens with zero attached hydrogens (tertiary/aromatic N) is 1. The van der Waals surface area contributed by atoms with Crippen molar-refractivity contribution in [2.75, 3.05) is 6.54 Å². The number of rotatable bonds is 2. The van der Waals surface area contributed by atoms with E-state index >= 15 is 0 Å². The number of benzene rings is 1. The first-order valence-electron chi connectivity index (χ1n) is 6.32. The van der Waals surface area contributed by atoms with Gasteiger partial charge in [0.05, 0.1) is 17.2 Å². The molecule has 1 aliphatic rings. The number of phenols is 1. The zero-order chi connectivity index (χ0) is 14.2. The van der Waals surface area contributed by atoms with E-state index in [1.54, 1.807) is 13.8 Å². The van der Waals surface area contributed by atoms with Gasteiger partial charge in [-0.2, -0.15) is 0 Å². The maximum absolute atomic E-state index is 13.2. The Labute approximate surface area is 111 Å². The lowest BCUT2D eigenvalue weighted by atomic mass is 9.96. The molecule has 1 unspecified atom stereocenters. The number of aromatic hydroxyl groups is 1. The number of hydrogen-bond donors (Lipinski definition) is 2. The van der Waals surface area contributed by atoms with Crippen LogP contribution < -0.4 is 0 Å². The standard InChI is InChI=1S/C14H18FNO3/c1-14(2,19)12-4-3-7-16(12)13(18)10-8-9(15)5-6-11(10)17/h5-6,8,12,17,19H,3-4,7H2,1-2H3. The predicted octanol–water partition coefficient (Wildman–Crippen LogP) is 1.91. The third kappa shape index (κ3) is 2.71. The third-order valence-electron chi connectivity index (χ3n) is 3.52. The highest BCUT2D eigenvalue weighted by molar-refractivity contribution is 5.97. The Bertz CT molecular complexity index is 496. The molecule has 1 heterocycles. The lowest BCUT2D eigenvalue weighted by molar-refractivity contribution is 0.000210. The molecule has 1 aromatic rings. The molecule has 2 rings (SSSR count). The fourth-order valence-electron chi connectivity index (χ4n) is 2.58. The minimum Gasteiger partial charge on any atom is -0.507 e. The van der Waals surface area contributed by atoms with Crippen LogP contribution in [0.5, 0.6) is 5.75 Å². The van der Waals surface area contributed by atoms with Crippen LogP contribution in [0.15, 0.2) is 18.2 Å². The molecule has 4 nitrogen and oxygen atoms in total. The summed E-state index contributed by atoms with van der Waals surface area (Å²) in [5.41, 5.74) is -1.08. The summed E-state index contributed by atoms with van der Waals surface area (Å²) in [6.07, 6.45) is 1.49. The average molecular weight is 267 g/mol. The van der Waals surface area contributed by atoms with E-state index in [1.165, 1.54) is 4.90 Å². The van der Waals surface area contributed by atoms with Crippen molar-refractivity contribution >= 4 is 5.91 Å². The molecule has 1 fully saturated rings. The Kier molecular flexibility index (Phi) is 3.49. The summed E-state index contributed by atoms with van der Waals surface area (Å²) in [4.78, 5) is 13.9. The number of halogens is 1. The summed E-state index contributed by atoms with van der Waals surface area (Å²) < 4.78 is 13.2. The lowest BCUT2D eigenvalue weighted by Crippen LogP contribution is -2.48. The Morgan fingerprint density at radius 1 is 1.47 bits per heavy atom. The Morgan fingerprint density at radius 3 is 2.79 bits per heavy atom. The number of aliphatic hydroxyl groups is 1. The number of amides is 1. The molecule has 0 aromatic heterocycles. The summed E-state index contributed by atoms with van der Waals surface area (Å²) in [7, 11) is 0. The molecule has 0 bridgehead atoms. The van der Waals surface area contributed by atoms with Crippen molar-refractivity contribution in [3.8, 4) is 5.75 Å². The van der Waals surface area contributed by atoms with Crippen LogP contribution in [0.2, 0.25) is 0 Å². The molecule has 0 radical (unpaired) electrons. The first kappa shape index (κ1) is 13.8. The van der Waals surface area contributed by atoms with Crippen LogP contribution in [0.3, 0.4) is 0 Å². The molecule has 19 heavy (non-hydrogen) atoms. The molecule has 1 amide bonds. The minimum atomic E-state index is -1.02. The number of carbonyl (C=O) groups is 1. The van der Waals surface area contributed by atoms with Gasteiger partial charge in [0.1, 0.15) is 11.6 Å². The Balaban J connectivity index is 2.31. The van der Waals surface area contributed by atoms with E-state index in [2.05, 4.69) is 0 Å². The maximum Gasteiger partial charge on any atom is 0.258 e. The van der Waals surface area contributed by atoms with Gasteiger partial charge in [-0.15, -0.1) is 0 Å². The summed E-state index contributed by atoms with van der Waals surface area (Å²) in [5.74, 6) is -1.26. The highest BCUT2D eigenvalue weighted by Crippen LogP contribution is 2.30. The lowest BCUT2D eigenvalue weighted by Gasteiger charge is -2.34. The highest BCUT2D eigenvalue weighted by atomic mass is 19.1. The molecule has 5 heteroatoms. The summed E-state index contributed by atoms with van der Waals surface area (Å²) in [6, 6.07) is 2.97. The molecule has 2 N–H and O–H groups in total. The van der Waals surface area contributed by atoms with E-state index in [-0.39, 0.29) is 17.4 Å². The zero-order valence-corrected chi connectivity index (χ0v) is 11.1. The largest absolute Gasteiger partial charge is 0.507 e. The van der Waals surface area contributed by atoms with Gasteiger partial charge in [0.2, 0.25) is 0 Å². The van der Waals surface area contributed by atoms with E-state index in [9.17, 15) is 19.4 Å². The van der Waals surface area contributed by atoms with Crippen LogP contribution in [0.1, 0.15) is 37.0 Å². The van der Waals surface area contributed by atoms with Crippen LogP contribution in [0.4, 0.5) is 4.39 Å². The van der Waals surface area contributed by atoms with E-state index in [0.29, 0.717) is 13.0 Å². The number of hydrogen-bond acceptors (Lipinski definition) is 3. The predicted molar refractivity (Wildman–Crippen MR) is 68.4 cm³/mol. The molecular formula is C14H18FNO3. The fraction of sp³-hybridized carbons (Fsp3) is 0.500. The van der Waals surface area contributed by atoms with Crippen LogP contribution in [0.25, 0.3) is 0 Å². The van der Waals surface area contributed by atoms with Gasteiger partial charge in [0.15, 0.2) is 0 Å². The Hall–Kier alpha value is -1.62. The van der Waals surface area contributed by atoms with Crippen LogP contribution in [0, 0.1) is 5.82 Å². The first-order valence-corrected chi connectivity index (χ1v) is 6.32. The third-order valence-corrected chi connectivity index (χ3v) is 3.52. The molecule has 0 spiro atoms. The normalized spacial score (nSPS) is 19.8. The maximum atomic E-state index is 13.2. The van der Waals surface area contributed by atoms with Gasteiger partial charge in [-0.1, -0.05) is 0 Å². The van der Waals surface area contributed by atoms with Crippen molar-refractivity contribution in [3.05, 3.63) is 29.6 Å². The van der Waals surface area contributed by atoms with Crippen LogP contribution in [-0.4, -0.2) is 39.2 Å². The zero-order valence-electron chi connectivity index (χ0n) is 11.1. The van der Waals surface area contributed by atoms with Gasteiger partial charge in [0.25, 0.3) is 5.91 Å². The average Bonchev–Trinajstić information content (AvgIpc) is 2.80. The van der Waals surface area contributed by atoms with Gasteiger partial charge in [-0.3, -0.25) is 4.79 Å². The van der Waals surface area contributed by atoms with Crippen LogP contribution in [-0.2, 0) is 0 Å². The SMILES string of the molecule is CC(C)(O)C1CCCN1C(=O)c1cc(F)ccc1O. The summed E-state index contributed by atoms with van der Waals surface area (Å²) >= 11 is 0. The van der Waals surface area contributed by atoms with E-state index < -0.39 is 17.3 Å². The van der Waals surface area contributed by atoms with E-state index in [0.717, 1.165) is 24.6 Å². The topological polar surface area (TPSA) is 60.8 Å². The van der Waals surface area contributed by atoms with Crippen molar-refractivity contribution in [2.45, 2.75) is 38.3 Å². The van der Waals surface area contributed by atoms with Gasteiger partial charge < -0.3 is 15.1 Å². The highest BCUT2D eigenvalue weighted by Gasteiger charge is 2.39. The van der Waals surface area contributed by atoms with Crippen molar-refractivity contribution in [2.24, 2.45) is 0 Å². The van der Waals surface area contributed by atoms with Crippen molar-refractivity contribution in [1.82, 2.24) is 4.90 Å². The molecular weight excluding hydrogens is 249 g/mol. The second kappa shape index (κ2) is 4.81. The minimum absolute atomic E-state index is 0.0591. The number of carbonyl (C=O) groups excluding carboxylic acids is 1.